The molecule has 0 fully saturated rings. The van der Waals surface area contributed by atoms with Crippen molar-refractivity contribution in [2.45, 2.75) is 26.6 Å². The van der Waals surface area contributed by atoms with Gasteiger partial charge in [0.2, 0.25) is 5.95 Å². The molecular formula is C14H22N6O4. The molecule has 10 heteroatoms. The van der Waals surface area contributed by atoms with Crippen LogP contribution in [-0.4, -0.2) is 51.8 Å². The number of esters is 1. The van der Waals surface area contributed by atoms with Gasteiger partial charge in [0.15, 0.2) is 11.2 Å². The minimum Gasteiger partial charge on any atom is -0.462 e. The molecule has 0 bridgehead atoms. The van der Waals surface area contributed by atoms with Gasteiger partial charge < -0.3 is 20.5 Å². The predicted octanol–water partition coefficient (Wildman–Crippen LogP) is -0.537. The number of anilines is 1. The lowest BCUT2D eigenvalue weighted by molar-refractivity contribution is -0.149. The van der Waals surface area contributed by atoms with Crippen molar-refractivity contribution in [1.82, 2.24) is 24.8 Å². The van der Waals surface area contributed by atoms with Gasteiger partial charge in [-0.3, -0.25) is 19.1 Å². The summed E-state index contributed by atoms with van der Waals surface area (Å²) in [6.07, 6.45) is 1.44. The van der Waals surface area contributed by atoms with E-state index in [1.54, 1.807) is 11.6 Å². The number of fused-ring (bicyclic) bond motifs is 1. The predicted molar refractivity (Wildman–Crippen MR) is 87.2 cm³/mol. The van der Waals surface area contributed by atoms with Crippen molar-refractivity contribution in [3.8, 4) is 0 Å². The Morgan fingerprint density at radius 2 is 2.21 bits per heavy atom. The smallest absolute Gasteiger partial charge is 0.323 e. The standard InChI is InChI=1S/C14H22N6O4/c1-8(2)9(16-3)13(22)24-5-4-23-7-20-6-17-10-11(20)18-14(15)19-12(10)21/h6,8-9,16H,4-5,7H2,1-3H3,(H3,15,18,19,21)/t9-/m1/s1. The Kier molecular flexibility index (Phi) is 5.88. The van der Waals surface area contributed by atoms with Gasteiger partial charge in [0.25, 0.3) is 5.56 Å². The van der Waals surface area contributed by atoms with Crippen LogP contribution in [0.25, 0.3) is 11.2 Å². The summed E-state index contributed by atoms with van der Waals surface area (Å²) >= 11 is 0. The zero-order valence-electron chi connectivity index (χ0n) is 13.9. The lowest BCUT2D eigenvalue weighted by atomic mass is 10.1. The molecule has 0 aliphatic heterocycles. The van der Waals surface area contributed by atoms with Gasteiger partial charge in [-0.2, -0.15) is 4.98 Å². The molecule has 2 aromatic heterocycles. The number of rotatable bonds is 8. The van der Waals surface area contributed by atoms with Gasteiger partial charge in [-0.1, -0.05) is 13.8 Å². The van der Waals surface area contributed by atoms with E-state index in [1.165, 1.54) is 6.33 Å². The lowest BCUT2D eigenvalue weighted by Gasteiger charge is -2.18. The molecule has 0 aliphatic rings. The van der Waals surface area contributed by atoms with E-state index in [2.05, 4.69) is 20.3 Å². The Morgan fingerprint density at radius 1 is 1.46 bits per heavy atom. The average molecular weight is 338 g/mol. The molecule has 0 amide bonds. The lowest BCUT2D eigenvalue weighted by Crippen LogP contribution is -2.40. The van der Waals surface area contributed by atoms with E-state index in [1.807, 2.05) is 13.8 Å². The molecule has 1 atom stereocenters. The van der Waals surface area contributed by atoms with Gasteiger partial charge in [0.05, 0.1) is 12.9 Å². The number of nitrogens with zero attached hydrogens (tertiary/aromatic N) is 3. The summed E-state index contributed by atoms with van der Waals surface area (Å²) in [6.45, 7) is 4.32. The number of nitrogens with one attached hydrogen (secondary N) is 2. The fourth-order valence-electron chi connectivity index (χ4n) is 2.24. The molecule has 0 radical (unpaired) electrons. The summed E-state index contributed by atoms with van der Waals surface area (Å²) in [7, 11) is 1.72. The molecule has 0 unspecified atom stereocenters. The third kappa shape index (κ3) is 4.09. The van der Waals surface area contributed by atoms with Crippen LogP contribution >= 0.6 is 0 Å². The number of hydrogen-bond donors (Lipinski definition) is 3. The van der Waals surface area contributed by atoms with Crippen LogP contribution in [0.1, 0.15) is 13.8 Å². The third-order valence-electron chi connectivity index (χ3n) is 3.43. The molecular weight excluding hydrogens is 316 g/mol. The van der Waals surface area contributed by atoms with Crippen LogP contribution < -0.4 is 16.6 Å². The maximum Gasteiger partial charge on any atom is 0.323 e. The molecule has 132 valence electrons. The summed E-state index contributed by atoms with van der Waals surface area (Å²) in [5, 5.41) is 2.91. The van der Waals surface area contributed by atoms with Crippen molar-refractivity contribution in [1.29, 1.82) is 0 Å². The van der Waals surface area contributed by atoms with Crippen LogP contribution in [0.15, 0.2) is 11.1 Å². The molecule has 0 aromatic carbocycles. The van der Waals surface area contributed by atoms with Crippen LogP contribution in [-0.2, 0) is 21.0 Å². The summed E-state index contributed by atoms with van der Waals surface area (Å²) in [5.74, 6) is -0.171. The summed E-state index contributed by atoms with van der Waals surface area (Å²) in [6, 6.07) is -0.346. The molecule has 0 aliphatic carbocycles. The zero-order chi connectivity index (χ0) is 17.7. The van der Waals surface area contributed by atoms with Gasteiger partial charge in [0.1, 0.15) is 19.4 Å². The van der Waals surface area contributed by atoms with E-state index in [-0.39, 0.29) is 49.3 Å². The minimum absolute atomic E-state index is 0.00923. The number of ether oxygens (including phenoxy) is 2. The summed E-state index contributed by atoms with van der Waals surface area (Å²) in [4.78, 5) is 33.9. The second-order valence-electron chi connectivity index (χ2n) is 5.55. The van der Waals surface area contributed by atoms with Crippen molar-refractivity contribution >= 4 is 23.1 Å². The highest BCUT2D eigenvalue weighted by molar-refractivity contribution is 5.76. The van der Waals surface area contributed by atoms with Gasteiger partial charge >= 0.3 is 5.97 Å². The number of hydrogen-bond acceptors (Lipinski definition) is 8. The van der Waals surface area contributed by atoms with E-state index < -0.39 is 5.56 Å². The number of carbonyl (C=O) groups excluding carboxylic acids is 1. The van der Waals surface area contributed by atoms with Gasteiger partial charge in [-0.25, -0.2) is 4.98 Å². The highest BCUT2D eigenvalue weighted by Gasteiger charge is 2.21. The third-order valence-corrected chi connectivity index (χ3v) is 3.43. The SMILES string of the molecule is CN[C@@H](C(=O)OCCOCn1cnc2c(=O)[nH]c(N)nc21)C(C)C. The van der Waals surface area contributed by atoms with Crippen molar-refractivity contribution in [2.75, 3.05) is 26.0 Å². The van der Waals surface area contributed by atoms with E-state index in [9.17, 15) is 9.59 Å². The average Bonchev–Trinajstić information content (AvgIpc) is 2.90. The van der Waals surface area contributed by atoms with Gasteiger partial charge in [-0.15, -0.1) is 0 Å². The molecule has 2 heterocycles. The van der Waals surface area contributed by atoms with E-state index in [0.717, 1.165) is 0 Å². The first-order chi connectivity index (χ1) is 11.4. The number of carbonyl (C=O) groups is 1. The minimum atomic E-state index is -0.406. The first kappa shape index (κ1) is 17.9. The Labute approximate surface area is 138 Å². The molecule has 2 rings (SSSR count). The molecule has 24 heavy (non-hydrogen) atoms. The van der Waals surface area contributed by atoms with Gasteiger partial charge in [0, 0.05) is 0 Å². The number of aromatic nitrogens is 4. The first-order valence-corrected chi connectivity index (χ1v) is 7.56. The molecule has 0 spiro atoms. The Bertz CT molecular complexity index is 753. The van der Waals surface area contributed by atoms with Crippen molar-refractivity contribution in [2.24, 2.45) is 5.92 Å². The number of nitrogens with two attached hydrogens (primary N) is 1. The van der Waals surface area contributed by atoms with Crippen LogP contribution in [0.2, 0.25) is 0 Å². The second-order valence-corrected chi connectivity index (χ2v) is 5.55. The Hall–Kier alpha value is -2.46. The summed E-state index contributed by atoms with van der Waals surface area (Å²) in [5.41, 5.74) is 5.64. The van der Waals surface area contributed by atoms with Crippen molar-refractivity contribution in [3.63, 3.8) is 0 Å². The molecule has 0 saturated carbocycles. The highest BCUT2D eigenvalue weighted by atomic mass is 16.6. The van der Waals surface area contributed by atoms with Crippen molar-refractivity contribution < 1.29 is 14.3 Å². The van der Waals surface area contributed by atoms with Gasteiger partial charge in [-0.05, 0) is 13.0 Å². The number of aromatic amines is 1. The largest absolute Gasteiger partial charge is 0.462 e. The normalized spacial score (nSPS) is 12.7. The van der Waals surface area contributed by atoms with E-state index in [0.29, 0.717) is 5.65 Å². The van der Waals surface area contributed by atoms with Crippen LogP contribution in [0.3, 0.4) is 0 Å². The van der Waals surface area contributed by atoms with E-state index >= 15 is 0 Å². The quantitative estimate of drug-likeness (QED) is 0.431. The fourth-order valence-corrected chi connectivity index (χ4v) is 2.24. The van der Waals surface area contributed by atoms with E-state index in [4.69, 9.17) is 15.2 Å². The Morgan fingerprint density at radius 3 is 2.88 bits per heavy atom. The maximum atomic E-state index is 11.8. The molecule has 10 nitrogen and oxygen atoms in total. The monoisotopic (exact) mass is 338 g/mol. The fraction of sp³-hybridized carbons (Fsp3) is 0.571. The maximum absolute atomic E-state index is 11.8. The van der Waals surface area contributed by atoms with Crippen LogP contribution in [0.5, 0.6) is 0 Å². The number of nitrogen functional groups attached to an aromatic ring is 1. The highest BCUT2D eigenvalue weighted by Crippen LogP contribution is 2.06. The molecule has 4 N–H and O–H groups in total. The van der Waals surface area contributed by atoms with Crippen LogP contribution in [0.4, 0.5) is 5.95 Å². The zero-order valence-corrected chi connectivity index (χ0v) is 13.9. The number of likely N-dealkylation sites (N-methyl/N-ethyl adjacent to an activating group) is 1. The topological polar surface area (TPSA) is 137 Å². The second kappa shape index (κ2) is 7.88. The molecule has 2 aromatic rings. The molecule has 0 saturated heterocycles. The summed E-state index contributed by atoms with van der Waals surface area (Å²) < 4.78 is 12.1. The van der Waals surface area contributed by atoms with Crippen LogP contribution in [0, 0.1) is 5.92 Å². The Balaban J connectivity index is 1.83. The van der Waals surface area contributed by atoms with Crippen molar-refractivity contribution in [3.05, 3.63) is 16.7 Å². The number of imidazole rings is 1. The number of H-pyrrole nitrogens is 1. The first-order valence-electron chi connectivity index (χ1n) is 7.56.